The molecule has 2 aromatic heterocycles. The summed E-state index contributed by atoms with van der Waals surface area (Å²) in [6, 6.07) is 3.38. The van der Waals surface area contributed by atoms with Gasteiger partial charge in [0, 0.05) is 25.7 Å². The quantitative estimate of drug-likeness (QED) is 0.550. The summed E-state index contributed by atoms with van der Waals surface area (Å²) >= 11 is 7.18. The van der Waals surface area contributed by atoms with Gasteiger partial charge in [0.1, 0.15) is 12.1 Å². The maximum atomic E-state index is 12.3. The fourth-order valence-corrected chi connectivity index (χ4v) is 2.85. The van der Waals surface area contributed by atoms with Crippen LogP contribution >= 0.6 is 22.9 Å². The molecule has 0 radical (unpaired) electrons. The molecule has 0 spiro atoms. The van der Waals surface area contributed by atoms with Gasteiger partial charge >= 0.3 is 0 Å². The van der Waals surface area contributed by atoms with Gasteiger partial charge in [-0.3, -0.25) is 15.5 Å². The Balaban J connectivity index is 2.23. The van der Waals surface area contributed by atoms with Gasteiger partial charge in [0.15, 0.2) is 4.47 Å². The molecule has 2 rings (SSSR count). The number of nitrogens with two attached hydrogens (primary N) is 2. The predicted molar refractivity (Wildman–Crippen MR) is 91.4 cm³/mol. The molecule has 1 amide bonds. The van der Waals surface area contributed by atoms with Crippen LogP contribution in [0.3, 0.4) is 0 Å². The van der Waals surface area contributed by atoms with Gasteiger partial charge in [-0.1, -0.05) is 11.6 Å². The minimum absolute atomic E-state index is 0.333. The van der Waals surface area contributed by atoms with Crippen LogP contribution in [0.4, 0.5) is 5.82 Å². The summed E-state index contributed by atoms with van der Waals surface area (Å²) in [5.74, 6) is -0.0323. The number of hydrogen-bond acceptors (Lipinski definition) is 6. The highest BCUT2D eigenvalue weighted by Gasteiger charge is 2.18. The second-order valence-electron chi connectivity index (χ2n) is 4.48. The highest BCUT2D eigenvalue weighted by Crippen LogP contribution is 2.18. The summed E-state index contributed by atoms with van der Waals surface area (Å²) in [6.45, 7) is 0.480. The van der Waals surface area contributed by atoms with Gasteiger partial charge in [0.05, 0.1) is 16.8 Å². The van der Waals surface area contributed by atoms with Crippen molar-refractivity contribution in [2.45, 2.75) is 6.54 Å². The summed E-state index contributed by atoms with van der Waals surface area (Å²) in [5, 5.41) is 2.64. The summed E-state index contributed by atoms with van der Waals surface area (Å²) in [5.41, 5.74) is 12.3. The Labute approximate surface area is 142 Å². The lowest BCUT2D eigenvalue weighted by atomic mass is 10.2. The van der Waals surface area contributed by atoms with Crippen LogP contribution in [0.2, 0.25) is 4.47 Å². The number of rotatable bonds is 5. The molecule has 0 aliphatic heterocycles. The Morgan fingerprint density at radius 1 is 1.61 bits per heavy atom. The lowest BCUT2D eigenvalue weighted by Gasteiger charge is -2.08. The van der Waals surface area contributed by atoms with Gasteiger partial charge in [0.25, 0.3) is 11.7 Å². The van der Waals surface area contributed by atoms with E-state index in [0.29, 0.717) is 28.1 Å². The Hall–Kier alpha value is -2.45. The highest BCUT2D eigenvalue weighted by molar-refractivity contribution is 7.15. The lowest BCUT2D eigenvalue weighted by molar-refractivity contribution is -0.673. The number of nitrogens with zero attached hydrogens (tertiary/aromatic N) is 3. The second kappa shape index (κ2) is 7.70. The van der Waals surface area contributed by atoms with E-state index in [1.807, 2.05) is 0 Å². The molecule has 0 aliphatic carbocycles. The SMILES string of the molecule is CN=C/C(=C\N)NC(=O)c1ccc[n+](Cc2cnc(Cl)s2)c1N. The molecule has 0 saturated heterocycles. The molecule has 0 bridgehead atoms. The first-order valence-corrected chi connectivity index (χ1v) is 7.78. The van der Waals surface area contributed by atoms with Crippen LogP contribution in [0.1, 0.15) is 15.2 Å². The first-order valence-electron chi connectivity index (χ1n) is 6.58. The van der Waals surface area contributed by atoms with E-state index in [9.17, 15) is 4.79 Å². The van der Waals surface area contributed by atoms with Crippen LogP contribution in [0.15, 0.2) is 41.4 Å². The van der Waals surface area contributed by atoms with Gasteiger partial charge in [-0.2, -0.15) is 0 Å². The number of aromatic nitrogens is 2. The van der Waals surface area contributed by atoms with Gasteiger partial charge < -0.3 is 11.1 Å². The van der Waals surface area contributed by atoms with Crippen molar-refractivity contribution in [2.75, 3.05) is 12.8 Å². The van der Waals surface area contributed by atoms with Crippen molar-refractivity contribution in [1.29, 1.82) is 0 Å². The zero-order valence-electron chi connectivity index (χ0n) is 12.4. The van der Waals surface area contributed by atoms with Crippen molar-refractivity contribution in [3.8, 4) is 0 Å². The third-order valence-electron chi connectivity index (χ3n) is 2.92. The number of halogens is 1. The fraction of sp³-hybridized carbons (Fsp3) is 0.143. The lowest BCUT2D eigenvalue weighted by Crippen LogP contribution is -2.39. The molecule has 120 valence electrons. The van der Waals surface area contributed by atoms with Crippen molar-refractivity contribution >= 4 is 40.9 Å². The number of carbonyl (C=O) groups excluding carboxylic acids is 1. The number of anilines is 1. The van der Waals surface area contributed by atoms with Crippen molar-refractivity contribution in [3.63, 3.8) is 0 Å². The smallest absolute Gasteiger partial charge is 0.285 e. The fourth-order valence-electron chi connectivity index (χ4n) is 1.87. The predicted octanol–water partition coefficient (Wildman–Crippen LogP) is 0.945. The first-order chi connectivity index (χ1) is 11.0. The Bertz CT molecular complexity index is 770. The average molecular weight is 352 g/mol. The Morgan fingerprint density at radius 2 is 2.39 bits per heavy atom. The second-order valence-corrected chi connectivity index (χ2v) is 6.18. The molecule has 0 aliphatic rings. The van der Waals surface area contributed by atoms with Crippen LogP contribution in [0.5, 0.6) is 0 Å². The molecule has 7 nitrogen and oxygen atoms in total. The van der Waals surface area contributed by atoms with E-state index in [0.717, 1.165) is 4.88 Å². The number of hydrogen-bond donors (Lipinski definition) is 3. The molecule has 0 unspecified atom stereocenters. The number of amides is 1. The van der Waals surface area contributed by atoms with Crippen molar-refractivity contribution in [3.05, 3.63) is 51.3 Å². The van der Waals surface area contributed by atoms with E-state index in [1.165, 1.54) is 23.8 Å². The number of nitrogen functional groups attached to an aromatic ring is 1. The van der Waals surface area contributed by atoms with Crippen LogP contribution < -0.4 is 21.4 Å². The molecule has 9 heteroatoms. The molecule has 0 atom stereocenters. The van der Waals surface area contributed by atoms with Gasteiger partial charge in [0.2, 0.25) is 0 Å². The maximum Gasteiger partial charge on any atom is 0.285 e. The number of aliphatic imine (C=N–C) groups is 1. The van der Waals surface area contributed by atoms with Crippen molar-refractivity contribution < 1.29 is 9.36 Å². The molecule has 0 fully saturated rings. The summed E-state index contributed by atoms with van der Waals surface area (Å²) in [7, 11) is 1.58. The number of thiazole rings is 1. The molecular formula is C14H16ClN6OS+. The van der Waals surface area contributed by atoms with Gasteiger partial charge in [-0.05, 0) is 12.1 Å². The molecule has 2 aromatic rings. The summed E-state index contributed by atoms with van der Waals surface area (Å²) < 4.78 is 2.21. The summed E-state index contributed by atoms with van der Waals surface area (Å²) in [4.78, 5) is 21.1. The summed E-state index contributed by atoms with van der Waals surface area (Å²) in [6.07, 6.45) is 6.17. The molecule has 5 N–H and O–H groups in total. The molecule has 0 saturated carbocycles. The van der Waals surface area contributed by atoms with Crippen LogP contribution in [-0.2, 0) is 6.54 Å². The van der Waals surface area contributed by atoms with Crippen LogP contribution in [0.25, 0.3) is 0 Å². The minimum atomic E-state index is -0.365. The maximum absolute atomic E-state index is 12.3. The standard InChI is InChI=1S/C14H15ClN6OS/c1-18-6-9(5-16)20-13(22)11-3-2-4-21(12(11)17)8-10-7-19-14(15)23-10/h2-7,17H,8H2,1H3,(H3,16,18,20,22)/p+1. The topological polar surface area (TPSA) is 110 Å². The number of nitrogens with one attached hydrogen (secondary N) is 1. The van der Waals surface area contributed by atoms with Crippen molar-refractivity contribution in [1.82, 2.24) is 10.3 Å². The largest absolute Gasteiger partial charge is 0.403 e. The van der Waals surface area contributed by atoms with Crippen LogP contribution in [0, 0.1) is 0 Å². The van der Waals surface area contributed by atoms with Crippen molar-refractivity contribution in [2.24, 2.45) is 10.7 Å². The monoisotopic (exact) mass is 351 g/mol. The van der Waals surface area contributed by atoms with E-state index in [2.05, 4.69) is 15.3 Å². The number of allylic oxidation sites excluding steroid dienone is 1. The highest BCUT2D eigenvalue weighted by atomic mass is 35.5. The van der Waals surface area contributed by atoms with E-state index in [1.54, 1.807) is 36.1 Å². The molecule has 2 heterocycles. The van der Waals surface area contributed by atoms with Gasteiger partial charge in [-0.25, -0.2) is 9.55 Å². The van der Waals surface area contributed by atoms with E-state index < -0.39 is 0 Å². The molecular weight excluding hydrogens is 336 g/mol. The third-order valence-corrected chi connectivity index (χ3v) is 4.02. The minimum Gasteiger partial charge on any atom is -0.403 e. The Morgan fingerprint density at radius 3 is 3.00 bits per heavy atom. The first kappa shape index (κ1) is 16.9. The average Bonchev–Trinajstić information content (AvgIpc) is 2.94. The number of pyridine rings is 1. The molecule has 23 heavy (non-hydrogen) atoms. The van der Waals surface area contributed by atoms with E-state index >= 15 is 0 Å². The van der Waals surface area contributed by atoms with Crippen LogP contribution in [-0.4, -0.2) is 24.2 Å². The zero-order chi connectivity index (χ0) is 16.8. The Kier molecular flexibility index (Phi) is 5.67. The zero-order valence-corrected chi connectivity index (χ0v) is 13.9. The van der Waals surface area contributed by atoms with E-state index in [-0.39, 0.29) is 5.91 Å². The van der Waals surface area contributed by atoms with Gasteiger partial charge in [-0.15, -0.1) is 11.3 Å². The van der Waals surface area contributed by atoms with E-state index in [4.69, 9.17) is 23.1 Å². The number of carbonyl (C=O) groups is 1. The normalized spacial score (nSPS) is 11.8. The third kappa shape index (κ3) is 4.27. The molecule has 0 aromatic carbocycles.